The van der Waals surface area contributed by atoms with E-state index >= 15 is 0 Å². The largest absolute Gasteiger partial charge is 0.381 e. The normalized spacial score (nSPS) is 25.8. The molecule has 0 bridgehead atoms. The highest BCUT2D eigenvalue weighted by Gasteiger charge is 2.39. The van der Waals surface area contributed by atoms with Crippen molar-refractivity contribution in [1.29, 1.82) is 0 Å². The second-order valence-corrected chi connectivity index (χ2v) is 6.60. The number of nitrogens with zero attached hydrogens (tertiary/aromatic N) is 3. The molecular formula is C16H25N3O2. The first-order chi connectivity index (χ1) is 10.1. The van der Waals surface area contributed by atoms with Gasteiger partial charge in [0.15, 0.2) is 0 Å². The van der Waals surface area contributed by atoms with Crippen molar-refractivity contribution in [2.45, 2.75) is 45.6 Å². The Bertz CT molecular complexity index is 505. The van der Waals surface area contributed by atoms with E-state index in [1.165, 1.54) is 0 Å². The van der Waals surface area contributed by atoms with E-state index in [2.05, 4.69) is 21.4 Å². The van der Waals surface area contributed by atoms with Gasteiger partial charge in [-0.2, -0.15) is 0 Å². The highest BCUT2D eigenvalue weighted by molar-refractivity contribution is 5.82. The average Bonchev–Trinajstić information content (AvgIpc) is 2.93. The number of rotatable bonds is 2. The van der Waals surface area contributed by atoms with Crippen LogP contribution in [0.3, 0.4) is 0 Å². The molecule has 0 unspecified atom stereocenters. The Morgan fingerprint density at radius 2 is 2.19 bits per heavy atom. The number of imidazole rings is 1. The van der Waals surface area contributed by atoms with Crippen molar-refractivity contribution in [2.24, 2.45) is 5.41 Å². The number of carbonyl (C=O) groups excluding carboxylic acids is 1. The fourth-order valence-electron chi connectivity index (χ4n) is 3.56. The van der Waals surface area contributed by atoms with E-state index in [0.29, 0.717) is 25.2 Å². The lowest BCUT2D eigenvalue weighted by Crippen LogP contribution is -2.49. The fourth-order valence-corrected chi connectivity index (χ4v) is 3.56. The second kappa shape index (κ2) is 5.79. The molecule has 0 saturated carbocycles. The molecule has 5 nitrogen and oxygen atoms in total. The molecule has 5 heteroatoms. The van der Waals surface area contributed by atoms with E-state index in [9.17, 15) is 4.79 Å². The third-order valence-corrected chi connectivity index (χ3v) is 5.05. The lowest BCUT2D eigenvalue weighted by Gasteiger charge is -2.41. The zero-order valence-corrected chi connectivity index (χ0v) is 13.0. The Hall–Kier alpha value is -1.36. The van der Waals surface area contributed by atoms with Gasteiger partial charge in [0.2, 0.25) is 5.91 Å². The minimum absolute atomic E-state index is 0.232. The summed E-state index contributed by atoms with van der Waals surface area (Å²) in [5.41, 5.74) is -0.232. The SMILES string of the molecule is Cc1nccn1[C@@H]1CCCN(C(=O)C2(C)CCOCC2)C1. The summed E-state index contributed by atoms with van der Waals surface area (Å²) in [4.78, 5) is 19.3. The van der Waals surface area contributed by atoms with Gasteiger partial charge in [-0.3, -0.25) is 4.79 Å². The molecule has 0 N–H and O–H groups in total. The van der Waals surface area contributed by atoms with Crippen molar-refractivity contribution in [2.75, 3.05) is 26.3 Å². The monoisotopic (exact) mass is 291 g/mol. The molecule has 3 heterocycles. The minimum atomic E-state index is -0.232. The number of amides is 1. The van der Waals surface area contributed by atoms with E-state index in [-0.39, 0.29) is 5.41 Å². The van der Waals surface area contributed by atoms with Crippen LogP contribution in [0.5, 0.6) is 0 Å². The predicted octanol–water partition coefficient (Wildman–Crippen LogP) is 2.17. The van der Waals surface area contributed by atoms with Gasteiger partial charge >= 0.3 is 0 Å². The summed E-state index contributed by atoms with van der Waals surface area (Å²) in [5, 5.41) is 0. The van der Waals surface area contributed by atoms with E-state index in [4.69, 9.17) is 4.74 Å². The van der Waals surface area contributed by atoms with Crippen molar-refractivity contribution in [3.63, 3.8) is 0 Å². The predicted molar refractivity (Wildman–Crippen MR) is 80.0 cm³/mol. The van der Waals surface area contributed by atoms with Gasteiger partial charge in [0.1, 0.15) is 5.82 Å². The summed E-state index contributed by atoms with van der Waals surface area (Å²) in [6.07, 6.45) is 7.76. The van der Waals surface area contributed by atoms with Crippen molar-refractivity contribution in [1.82, 2.24) is 14.5 Å². The van der Waals surface area contributed by atoms with Gasteiger partial charge in [0, 0.05) is 38.7 Å². The maximum absolute atomic E-state index is 12.9. The van der Waals surface area contributed by atoms with Crippen molar-refractivity contribution in [3.8, 4) is 0 Å². The Morgan fingerprint density at radius 1 is 1.43 bits per heavy atom. The van der Waals surface area contributed by atoms with Crippen molar-refractivity contribution in [3.05, 3.63) is 18.2 Å². The second-order valence-electron chi connectivity index (χ2n) is 6.60. The van der Waals surface area contributed by atoms with E-state index < -0.39 is 0 Å². The molecule has 2 aliphatic rings. The number of carbonyl (C=O) groups is 1. The zero-order valence-electron chi connectivity index (χ0n) is 13.0. The maximum Gasteiger partial charge on any atom is 0.228 e. The molecule has 0 radical (unpaired) electrons. The van der Waals surface area contributed by atoms with Crippen LogP contribution in [0.15, 0.2) is 12.4 Å². The summed E-state index contributed by atoms with van der Waals surface area (Å²) in [6.45, 7) is 7.25. The van der Waals surface area contributed by atoms with Gasteiger partial charge in [-0.25, -0.2) is 4.98 Å². The zero-order chi connectivity index (χ0) is 14.9. The third kappa shape index (κ3) is 2.84. The number of aromatic nitrogens is 2. The average molecular weight is 291 g/mol. The molecule has 0 spiro atoms. The smallest absolute Gasteiger partial charge is 0.228 e. The fraction of sp³-hybridized carbons (Fsp3) is 0.750. The quantitative estimate of drug-likeness (QED) is 0.839. The molecule has 1 aromatic heterocycles. The number of aryl methyl sites for hydroxylation is 1. The van der Waals surface area contributed by atoms with Crippen LogP contribution in [0.1, 0.15) is 44.5 Å². The summed E-state index contributed by atoms with van der Waals surface area (Å²) in [6, 6.07) is 0.369. The molecule has 1 aromatic rings. The van der Waals surface area contributed by atoms with Crippen molar-refractivity contribution < 1.29 is 9.53 Å². The summed E-state index contributed by atoms with van der Waals surface area (Å²) < 4.78 is 7.63. The number of hydrogen-bond donors (Lipinski definition) is 0. The number of likely N-dealkylation sites (tertiary alicyclic amines) is 1. The highest BCUT2D eigenvalue weighted by atomic mass is 16.5. The first-order valence-corrected chi connectivity index (χ1v) is 7.97. The molecule has 3 rings (SSSR count). The Labute approximate surface area is 126 Å². The number of hydrogen-bond acceptors (Lipinski definition) is 3. The molecule has 0 aliphatic carbocycles. The topological polar surface area (TPSA) is 47.4 Å². The van der Waals surface area contributed by atoms with E-state index in [0.717, 1.165) is 44.6 Å². The molecule has 2 fully saturated rings. The van der Waals surface area contributed by atoms with Gasteiger partial charge in [-0.05, 0) is 32.6 Å². The van der Waals surface area contributed by atoms with Gasteiger partial charge in [0.25, 0.3) is 0 Å². The van der Waals surface area contributed by atoms with Crippen LogP contribution in [-0.2, 0) is 9.53 Å². The Kier molecular flexibility index (Phi) is 4.02. The highest BCUT2D eigenvalue weighted by Crippen LogP contribution is 2.34. The first-order valence-electron chi connectivity index (χ1n) is 7.97. The minimum Gasteiger partial charge on any atom is -0.381 e. The lowest BCUT2D eigenvalue weighted by atomic mass is 9.80. The molecule has 0 aromatic carbocycles. The van der Waals surface area contributed by atoms with Crippen LogP contribution in [0, 0.1) is 12.3 Å². The summed E-state index contributed by atoms with van der Waals surface area (Å²) in [7, 11) is 0. The molecule has 2 saturated heterocycles. The van der Waals surface area contributed by atoms with Gasteiger partial charge in [-0.15, -0.1) is 0 Å². The van der Waals surface area contributed by atoms with Gasteiger partial charge in [0.05, 0.1) is 11.5 Å². The number of piperidine rings is 1. The van der Waals surface area contributed by atoms with Crippen LogP contribution in [-0.4, -0.2) is 46.7 Å². The maximum atomic E-state index is 12.9. The number of ether oxygens (including phenoxy) is 1. The summed E-state index contributed by atoms with van der Waals surface area (Å²) in [5.74, 6) is 1.35. The van der Waals surface area contributed by atoms with Gasteiger partial charge < -0.3 is 14.2 Å². The van der Waals surface area contributed by atoms with Gasteiger partial charge in [-0.1, -0.05) is 6.92 Å². The molecule has 21 heavy (non-hydrogen) atoms. The molecular weight excluding hydrogens is 266 g/mol. The van der Waals surface area contributed by atoms with Crippen LogP contribution < -0.4 is 0 Å². The lowest BCUT2D eigenvalue weighted by molar-refractivity contribution is -0.148. The molecule has 2 aliphatic heterocycles. The molecule has 1 atom stereocenters. The summed E-state index contributed by atoms with van der Waals surface area (Å²) >= 11 is 0. The Balaban J connectivity index is 1.71. The molecule has 1 amide bonds. The third-order valence-electron chi connectivity index (χ3n) is 5.05. The van der Waals surface area contributed by atoms with Crippen LogP contribution >= 0.6 is 0 Å². The van der Waals surface area contributed by atoms with Crippen LogP contribution in [0.2, 0.25) is 0 Å². The van der Waals surface area contributed by atoms with Crippen LogP contribution in [0.25, 0.3) is 0 Å². The first kappa shape index (κ1) is 14.6. The Morgan fingerprint density at radius 3 is 2.86 bits per heavy atom. The molecule has 116 valence electrons. The van der Waals surface area contributed by atoms with Crippen molar-refractivity contribution >= 4 is 5.91 Å². The van der Waals surface area contributed by atoms with E-state index in [1.54, 1.807) is 0 Å². The van der Waals surface area contributed by atoms with Crippen LogP contribution in [0.4, 0.5) is 0 Å². The standard InChI is InChI=1S/C16H25N3O2/c1-13-17-7-9-19(13)14-4-3-8-18(12-14)15(20)16(2)5-10-21-11-6-16/h7,9,14H,3-6,8,10-12H2,1-2H3/t14-/m1/s1. The van der Waals surface area contributed by atoms with E-state index in [1.807, 2.05) is 19.3 Å².